The molecule has 32 heavy (non-hydrogen) atoms. The molecule has 1 aliphatic heterocycles. The highest BCUT2D eigenvalue weighted by Crippen LogP contribution is 2.36. The Morgan fingerprint density at radius 1 is 1.16 bits per heavy atom. The van der Waals surface area contributed by atoms with Crippen molar-refractivity contribution in [1.82, 2.24) is 19.8 Å². The molecule has 0 spiro atoms. The Hall–Kier alpha value is -3.59. The minimum atomic E-state index is -0.378. The molecule has 2 heterocycles. The van der Waals surface area contributed by atoms with Gasteiger partial charge < -0.3 is 14.9 Å². The van der Waals surface area contributed by atoms with Crippen molar-refractivity contribution in [3.05, 3.63) is 63.6 Å². The van der Waals surface area contributed by atoms with Gasteiger partial charge in [0.15, 0.2) is 5.82 Å². The van der Waals surface area contributed by atoms with E-state index in [2.05, 4.69) is 15.3 Å². The third-order valence-electron chi connectivity index (χ3n) is 5.44. The van der Waals surface area contributed by atoms with Crippen LogP contribution in [0.1, 0.15) is 36.5 Å². The average molecular weight is 438 g/mol. The van der Waals surface area contributed by atoms with Crippen LogP contribution in [0, 0.1) is 0 Å². The van der Waals surface area contributed by atoms with E-state index in [0.717, 1.165) is 24.2 Å². The average Bonchev–Trinajstić information content (AvgIpc) is 3.14. The van der Waals surface area contributed by atoms with E-state index < -0.39 is 0 Å². The molecule has 0 radical (unpaired) electrons. The number of phenolic OH excluding ortho intramolecular Hbond substituents is 2. The summed E-state index contributed by atoms with van der Waals surface area (Å²) in [6.07, 6.45) is 1.81. The molecule has 0 aliphatic carbocycles. The van der Waals surface area contributed by atoms with Gasteiger partial charge in [-0.05, 0) is 28.7 Å². The topological polar surface area (TPSA) is 116 Å². The predicted octanol–water partition coefficient (Wildman–Crippen LogP) is 2.49. The van der Waals surface area contributed by atoms with Gasteiger partial charge in [-0.25, -0.2) is 9.89 Å². The zero-order valence-electron chi connectivity index (χ0n) is 18.2. The van der Waals surface area contributed by atoms with Gasteiger partial charge in [-0.3, -0.25) is 9.58 Å². The number of aromatic hydroxyl groups is 2. The second-order valence-corrected chi connectivity index (χ2v) is 8.07. The normalized spacial score (nSPS) is 14.5. The lowest BCUT2D eigenvalue weighted by Crippen LogP contribution is -2.32. The highest BCUT2D eigenvalue weighted by Gasteiger charge is 2.18. The Morgan fingerprint density at radius 3 is 2.56 bits per heavy atom. The maximum Gasteiger partial charge on any atom is 0.343 e. The van der Waals surface area contributed by atoms with Crippen molar-refractivity contribution < 1.29 is 14.9 Å². The lowest BCUT2D eigenvalue weighted by atomic mass is 9.98. The molecule has 1 aliphatic rings. The summed E-state index contributed by atoms with van der Waals surface area (Å²) >= 11 is 0. The van der Waals surface area contributed by atoms with Crippen LogP contribution in [0.5, 0.6) is 11.5 Å². The lowest BCUT2D eigenvalue weighted by Gasteiger charge is -2.23. The Morgan fingerprint density at radius 2 is 1.88 bits per heavy atom. The van der Waals surface area contributed by atoms with Crippen molar-refractivity contribution in [1.29, 1.82) is 0 Å². The van der Waals surface area contributed by atoms with Crippen LogP contribution < -0.4 is 5.69 Å². The molecule has 0 unspecified atom stereocenters. The van der Waals surface area contributed by atoms with Crippen molar-refractivity contribution >= 4 is 6.21 Å². The summed E-state index contributed by atoms with van der Waals surface area (Å²) in [6, 6.07) is 10.7. The molecule has 9 nitrogen and oxygen atoms in total. The molecule has 3 N–H and O–H groups in total. The van der Waals surface area contributed by atoms with Gasteiger partial charge in [-0.1, -0.05) is 38.1 Å². The smallest absolute Gasteiger partial charge is 0.343 e. The molecule has 1 aromatic heterocycles. The van der Waals surface area contributed by atoms with E-state index in [9.17, 15) is 15.0 Å². The predicted molar refractivity (Wildman–Crippen MR) is 121 cm³/mol. The van der Waals surface area contributed by atoms with E-state index in [1.54, 1.807) is 6.07 Å². The number of rotatable bonds is 6. The monoisotopic (exact) mass is 437 g/mol. The van der Waals surface area contributed by atoms with Crippen LogP contribution in [-0.4, -0.2) is 62.5 Å². The molecule has 168 valence electrons. The van der Waals surface area contributed by atoms with E-state index in [-0.39, 0.29) is 29.7 Å². The summed E-state index contributed by atoms with van der Waals surface area (Å²) < 4.78 is 6.79. The highest BCUT2D eigenvalue weighted by molar-refractivity contribution is 5.79. The summed E-state index contributed by atoms with van der Waals surface area (Å²) in [4.78, 5) is 12.4. The summed E-state index contributed by atoms with van der Waals surface area (Å²) in [5.74, 6) is 0.231. The van der Waals surface area contributed by atoms with E-state index in [1.807, 2.05) is 49.3 Å². The number of benzene rings is 2. The van der Waals surface area contributed by atoms with Crippen LogP contribution in [0.15, 0.2) is 46.3 Å². The van der Waals surface area contributed by atoms with E-state index >= 15 is 0 Å². The van der Waals surface area contributed by atoms with Gasteiger partial charge in [-0.2, -0.15) is 10.2 Å². The number of H-pyrrole nitrogens is 1. The number of nitrogens with one attached hydrogen (secondary N) is 1. The molecule has 0 saturated carbocycles. The molecule has 2 aromatic carbocycles. The van der Waals surface area contributed by atoms with Gasteiger partial charge in [0.05, 0.1) is 44.6 Å². The quantitative estimate of drug-likeness (QED) is 0.510. The van der Waals surface area contributed by atoms with E-state index in [4.69, 9.17) is 4.74 Å². The second-order valence-electron chi connectivity index (χ2n) is 8.07. The van der Waals surface area contributed by atoms with Gasteiger partial charge in [0.25, 0.3) is 0 Å². The van der Waals surface area contributed by atoms with Crippen LogP contribution in [0.2, 0.25) is 0 Å². The van der Waals surface area contributed by atoms with Crippen LogP contribution >= 0.6 is 0 Å². The molecule has 1 saturated heterocycles. The van der Waals surface area contributed by atoms with Crippen molar-refractivity contribution in [3.8, 4) is 22.9 Å². The molecule has 0 bridgehead atoms. The number of hydrogen-bond donors (Lipinski definition) is 3. The Labute approximate surface area is 185 Å². The summed E-state index contributed by atoms with van der Waals surface area (Å²) in [6.45, 7) is 7.10. The molecule has 0 atom stereocenters. The number of phenols is 2. The maximum absolute atomic E-state index is 12.4. The zero-order valence-corrected chi connectivity index (χ0v) is 18.2. The molecule has 4 rings (SSSR count). The van der Waals surface area contributed by atoms with E-state index in [0.29, 0.717) is 30.2 Å². The first-order chi connectivity index (χ1) is 15.4. The van der Waals surface area contributed by atoms with Crippen molar-refractivity contribution in [2.24, 2.45) is 5.10 Å². The van der Waals surface area contributed by atoms with Crippen LogP contribution in [-0.2, 0) is 11.3 Å². The number of ether oxygens (including phenoxy) is 1. The Kier molecular flexibility index (Phi) is 6.27. The summed E-state index contributed by atoms with van der Waals surface area (Å²) in [7, 11) is 0. The number of nitrogens with zero attached hydrogens (tertiary/aromatic N) is 4. The number of hydrazone groups is 1. The van der Waals surface area contributed by atoms with Crippen molar-refractivity contribution in [2.75, 3.05) is 26.3 Å². The number of morpholine rings is 1. The minimum Gasteiger partial charge on any atom is -0.508 e. The number of aromatic nitrogens is 3. The first-order valence-corrected chi connectivity index (χ1v) is 10.6. The summed E-state index contributed by atoms with van der Waals surface area (Å²) in [5.41, 5.74) is 2.54. The molecule has 0 amide bonds. The Balaban J connectivity index is 1.56. The first-order valence-electron chi connectivity index (χ1n) is 10.6. The SMILES string of the molecule is CC(C)c1cc(-c2n[nH]c(=O)n2Cc2ccc(C=NN3CCOCC3)cc2)c(O)cc1O. The minimum absolute atomic E-state index is 0.0139. The number of hydrogen-bond acceptors (Lipinski definition) is 7. The van der Waals surface area contributed by atoms with Crippen LogP contribution in [0.4, 0.5) is 0 Å². The number of aromatic amines is 1. The zero-order chi connectivity index (χ0) is 22.7. The van der Waals surface area contributed by atoms with Crippen molar-refractivity contribution in [3.63, 3.8) is 0 Å². The largest absolute Gasteiger partial charge is 0.508 e. The fourth-order valence-corrected chi connectivity index (χ4v) is 3.61. The fourth-order valence-electron chi connectivity index (χ4n) is 3.61. The first kappa shape index (κ1) is 21.6. The van der Waals surface area contributed by atoms with Gasteiger partial charge in [0.2, 0.25) is 0 Å². The van der Waals surface area contributed by atoms with Crippen molar-refractivity contribution in [2.45, 2.75) is 26.3 Å². The highest BCUT2D eigenvalue weighted by atomic mass is 16.5. The van der Waals surface area contributed by atoms with Gasteiger partial charge >= 0.3 is 5.69 Å². The van der Waals surface area contributed by atoms with Gasteiger partial charge in [0, 0.05) is 6.07 Å². The third-order valence-corrected chi connectivity index (χ3v) is 5.44. The van der Waals surface area contributed by atoms with Crippen LogP contribution in [0.3, 0.4) is 0 Å². The fraction of sp³-hybridized carbons (Fsp3) is 0.348. The standard InChI is InChI=1S/C23H27N5O4/c1-15(2)18-11-19(21(30)12-20(18)29)22-25-26-23(31)28(22)14-17-5-3-16(4-6-17)13-24-27-7-9-32-10-8-27/h3-6,11-13,15,29-30H,7-10,14H2,1-2H3,(H,26,31). The summed E-state index contributed by atoms with van der Waals surface area (Å²) in [5, 5.41) is 33.5. The Bertz CT molecular complexity index is 1160. The third kappa shape index (κ3) is 4.67. The van der Waals surface area contributed by atoms with Gasteiger partial charge in [0.1, 0.15) is 11.5 Å². The molecular weight excluding hydrogens is 410 g/mol. The second kappa shape index (κ2) is 9.27. The van der Waals surface area contributed by atoms with Crippen LogP contribution in [0.25, 0.3) is 11.4 Å². The maximum atomic E-state index is 12.4. The molecule has 9 heteroatoms. The molecule has 1 fully saturated rings. The van der Waals surface area contributed by atoms with E-state index in [1.165, 1.54) is 10.6 Å². The molecular formula is C23H27N5O4. The van der Waals surface area contributed by atoms with Gasteiger partial charge in [-0.15, -0.1) is 0 Å². The lowest BCUT2D eigenvalue weighted by molar-refractivity contribution is 0.0397. The molecule has 3 aromatic rings.